The number of methoxy groups -OCH3 is 2. The van der Waals surface area contributed by atoms with Gasteiger partial charge in [0, 0.05) is 12.6 Å². The van der Waals surface area contributed by atoms with E-state index in [-0.39, 0.29) is 17.4 Å². The number of hydrogen-bond donors (Lipinski definition) is 1. The first kappa shape index (κ1) is 20.3. The van der Waals surface area contributed by atoms with E-state index in [1.807, 2.05) is 37.3 Å². The van der Waals surface area contributed by atoms with Gasteiger partial charge < -0.3 is 19.5 Å². The van der Waals surface area contributed by atoms with Crippen molar-refractivity contribution in [1.29, 1.82) is 0 Å². The molecule has 0 bridgehead atoms. The summed E-state index contributed by atoms with van der Waals surface area (Å²) >= 11 is 0. The SMILES string of the molecule is COc1cc(OC)cc(C(=O)O[C@@H](C)C(=O)NC[C@@H](C)c2ccccc2)c1. The largest absolute Gasteiger partial charge is 0.497 e. The van der Waals surface area contributed by atoms with Crippen LogP contribution in [0.15, 0.2) is 48.5 Å². The number of benzene rings is 2. The smallest absolute Gasteiger partial charge is 0.339 e. The van der Waals surface area contributed by atoms with E-state index < -0.39 is 12.1 Å². The van der Waals surface area contributed by atoms with Gasteiger partial charge >= 0.3 is 5.97 Å². The van der Waals surface area contributed by atoms with E-state index in [1.165, 1.54) is 33.3 Å². The molecule has 0 saturated heterocycles. The molecule has 2 atom stereocenters. The minimum Gasteiger partial charge on any atom is -0.497 e. The average molecular weight is 371 g/mol. The molecule has 0 unspecified atom stereocenters. The molecule has 0 aliphatic rings. The molecule has 0 heterocycles. The summed E-state index contributed by atoms with van der Waals surface area (Å²) in [6, 6.07) is 14.6. The summed E-state index contributed by atoms with van der Waals surface area (Å²) in [4.78, 5) is 24.6. The van der Waals surface area contributed by atoms with E-state index in [4.69, 9.17) is 14.2 Å². The molecule has 0 aliphatic carbocycles. The van der Waals surface area contributed by atoms with Gasteiger partial charge in [-0.1, -0.05) is 37.3 Å². The summed E-state index contributed by atoms with van der Waals surface area (Å²) < 4.78 is 15.6. The Hall–Kier alpha value is -3.02. The van der Waals surface area contributed by atoms with Crippen LogP contribution in [0.1, 0.15) is 35.7 Å². The summed E-state index contributed by atoms with van der Waals surface area (Å²) in [6.07, 6.45) is -0.919. The molecule has 0 fully saturated rings. The minimum atomic E-state index is -0.919. The van der Waals surface area contributed by atoms with Crippen molar-refractivity contribution >= 4 is 11.9 Å². The number of ether oxygens (including phenoxy) is 3. The lowest BCUT2D eigenvalue weighted by Gasteiger charge is -2.17. The van der Waals surface area contributed by atoms with Gasteiger partial charge in [0.1, 0.15) is 11.5 Å². The Morgan fingerprint density at radius 2 is 1.56 bits per heavy atom. The molecule has 0 radical (unpaired) electrons. The van der Waals surface area contributed by atoms with Gasteiger partial charge in [-0.15, -0.1) is 0 Å². The zero-order valence-corrected chi connectivity index (χ0v) is 16.0. The molecular formula is C21H25NO5. The first-order valence-electron chi connectivity index (χ1n) is 8.71. The monoisotopic (exact) mass is 371 g/mol. The summed E-state index contributed by atoms with van der Waals surface area (Å²) in [5.41, 5.74) is 1.38. The predicted octanol–water partition coefficient (Wildman–Crippen LogP) is 3.17. The van der Waals surface area contributed by atoms with Crippen molar-refractivity contribution in [3.05, 3.63) is 59.7 Å². The van der Waals surface area contributed by atoms with Crippen LogP contribution in [0.5, 0.6) is 11.5 Å². The molecule has 2 aromatic rings. The van der Waals surface area contributed by atoms with Gasteiger partial charge in [0.05, 0.1) is 19.8 Å². The first-order chi connectivity index (χ1) is 12.9. The fourth-order valence-electron chi connectivity index (χ4n) is 2.50. The topological polar surface area (TPSA) is 73.9 Å². The molecule has 2 aromatic carbocycles. The van der Waals surface area contributed by atoms with Crippen LogP contribution in [-0.2, 0) is 9.53 Å². The van der Waals surface area contributed by atoms with Gasteiger partial charge in [-0.3, -0.25) is 4.79 Å². The summed E-state index contributed by atoms with van der Waals surface area (Å²) in [6.45, 7) is 4.02. The van der Waals surface area contributed by atoms with Crippen molar-refractivity contribution < 1.29 is 23.8 Å². The highest BCUT2D eigenvalue weighted by atomic mass is 16.5. The Bertz CT molecular complexity index is 753. The number of esters is 1. The van der Waals surface area contributed by atoms with Crippen LogP contribution in [0.3, 0.4) is 0 Å². The second kappa shape index (κ2) is 9.62. The molecule has 144 valence electrons. The molecule has 0 aliphatic heterocycles. The highest BCUT2D eigenvalue weighted by Crippen LogP contribution is 2.23. The second-order valence-corrected chi connectivity index (χ2v) is 6.21. The molecule has 27 heavy (non-hydrogen) atoms. The average Bonchev–Trinajstić information content (AvgIpc) is 2.71. The Balaban J connectivity index is 1.92. The van der Waals surface area contributed by atoms with Gasteiger partial charge in [0.25, 0.3) is 5.91 Å². The third-order valence-electron chi connectivity index (χ3n) is 4.19. The minimum absolute atomic E-state index is 0.153. The van der Waals surface area contributed by atoms with Crippen LogP contribution in [0, 0.1) is 0 Å². The van der Waals surface area contributed by atoms with Crippen molar-refractivity contribution in [3.8, 4) is 11.5 Å². The van der Waals surface area contributed by atoms with Crippen molar-refractivity contribution in [2.24, 2.45) is 0 Å². The normalized spacial score (nSPS) is 12.6. The number of rotatable bonds is 8. The van der Waals surface area contributed by atoms with Gasteiger partial charge in [-0.2, -0.15) is 0 Å². The van der Waals surface area contributed by atoms with Gasteiger partial charge in [-0.25, -0.2) is 4.79 Å². The van der Waals surface area contributed by atoms with Crippen molar-refractivity contribution in [2.45, 2.75) is 25.9 Å². The molecular weight excluding hydrogens is 346 g/mol. The summed E-state index contributed by atoms with van der Waals surface area (Å²) in [5.74, 6) is 0.123. The lowest BCUT2D eigenvalue weighted by Crippen LogP contribution is -2.37. The third kappa shape index (κ3) is 5.74. The number of nitrogens with one attached hydrogen (secondary N) is 1. The lowest BCUT2D eigenvalue weighted by molar-refractivity contribution is -0.129. The molecule has 6 heteroatoms. The zero-order chi connectivity index (χ0) is 19.8. The maximum atomic E-state index is 12.3. The molecule has 1 amide bonds. The van der Waals surface area contributed by atoms with Crippen LogP contribution in [0.25, 0.3) is 0 Å². The highest BCUT2D eigenvalue weighted by Gasteiger charge is 2.20. The van der Waals surface area contributed by atoms with Crippen LogP contribution in [-0.4, -0.2) is 38.7 Å². The van der Waals surface area contributed by atoms with Crippen LogP contribution < -0.4 is 14.8 Å². The van der Waals surface area contributed by atoms with Crippen LogP contribution in [0.4, 0.5) is 0 Å². The summed E-state index contributed by atoms with van der Waals surface area (Å²) in [7, 11) is 2.99. The van der Waals surface area contributed by atoms with E-state index in [1.54, 1.807) is 6.07 Å². The number of carbonyl (C=O) groups excluding carboxylic acids is 2. The van der Waals surface area contributed by atoms with Crippen molar-refractivity contribution in [2.75, 3.05) is 20.8 Å². The predicted molar refractivity (Wildman–Crippen MR) is 102 cm³/mol. The molecule has 1 N–H and O–H groups in total. The summed E-state index contributed by atoms with van der Waals surface area (Å²) in [5, 5.41) is 2.82. The van der Waals surface area contributed by atoms with Crippen molar-refractivity contribution in [3.63, 3.8) is 0 Å². The van der Waals surface area contributed by atoms with E-state index in [2.05, 4.69) is 5.32 Å². The number of carbonyl (C=O) groups is 2. The van der Waals surface area contributed by atoms with E-state index in [0.717, 1.165) is 5.56 Å². The van der Waals surface area contributed by atoms with Crippen LogP contribution in [0.2, 0.25) is 0 Å². The molecule has 0 spiro atoms. The highest BCUT2D eigenvalue weighted by molar-refractivity contribution is 5.93. The fraction of sp³-hybridized carbons (Fsp3) is 0.333. The van der Waals surface area contributed by atoms with Crippen LogP contribution >= 0.6 is 0 Å². The quantitative estimate of drug-likeness (QED) is 0.722. The number of hydrogen-bond acceptors (Lipinski definition) is 5. The Morgan fingerprint density at radius 1 is 0.963 bits per heavy atom. The molecule has 6 nitrogen and oxygen atoms in total. The number of amides is 1. The van der Waals surface area contributed by atoms with E-state index in [0.29, 0.717) is 18.0 Å². The lowest BCUT2D eigenvalue weighted by atomic mass is 10.0. The van der Waals surface area contributed by atoms with E-state index >= 15 is 0 Å². The Kier molecular flexibility index (Phi) is 7.23. The van der Waals surface area contributed by atoms with Gasteiger partial charge in [0.2, 0.25) is 0 Å². The van der Waals surface area contributed by atoms with Gasteiger partial charge in [-0.05, 0) is 30.5 Å². The maximum absolute atomic E-state index is 12.3. The Labute approximate surface area is 159 Å². The standard InChI is InChI=1S/C21H25NO5/c1-14(16-8-6-5-7-9-16)13-22-20(23)15(2)27-21(24)17-10-18(25-3)12-19(11-17)26-4/h5-12,14-15H,13H2,1-4H3,(H,22,23)/t14-,15+/m1/s1. The second-order valence-electron chi connectivity index (χ2n) is 6.21. The van der Waals surface area contributed by atoms with Crippen molar-refractivity contribution in [1.82, 2.24) is 5.32 Å². The first-order valence-corrected chi connectivity index (χ1v) is 8.71. The zero-order valence-electron chi connectivity index (χ0n) is 16.0. The Morgan fingerprint density at radius 3 is 2.11 bits per heavy atom. The van der Waals surface area contributed by atoms with E-state index in [9.17, 15) is 9.59 Å². The molecule has 2 rings (SSSR count). The maximum Gasteiger partial charge on any atom is 0.339 e. The third-order valence-corrected chi connectivity index (χ3v) is 4.19. The molecule has 0 saturated carbocycles. The molecule has 0 aromatic heterocycles. The van der Waals surface area contributed by atoms with Gasteiger partial charge in [0.15, 0.2) is 6.10 Å². The fourth-order valence-corrected chi connectivity index (χ4v) is 2.50.